The molecule has 8 heteroatoms. The Labute approximate surface area is 181 Å². The number of hydrogen-bond donors (Lipinski definition) is 3. The highest BCUT2D eigenvalue weighted by atomic mass is 32.2. The van der Waals surface area contributed by atoms with Gasteiger partial charge in [-0.1, -0.05) is 24.3 Å². The highest BCUT2D eigenvalue weighted by Crippen LogP contribution is 2.36. The maximum atomic E-state index is 12.7. The Morgan fingerprint density at radius 3 is 2.60 bits per heavy atom. The minimum Gasteiger partial charge on any atom is -0.588 e. The molecule has 1 aliphatic rings. The number of rotatable bonds is 5. The van der Waals surface area contributed by atoms with Crippen molar-refractivity contribution in [2.75, 3.05) is 15.4 Å². The second kappa shape index (κ2) is 8.83. The number of carbonyl (C=O) groups is 2. The molecule has 0 bridgehead atoms. The van der Waals surface area contributed by atoms with Gasteiger partial charge in [0.25, 0.3) is 5.91 Å². The van der Waals surface area contributed by atoms with E-state index in [1.54, 1.807) is 36.4 Å². The van der Waals surface area contributed by atoms with Crippen molar-refractivity contribution >= 4 is 52.0 Å². The van der Waals surface area contributed by atoms with Crippen molar-refractivity contribution in [3.63, 3.8) is 0 Å². The lowest BCUT2D eigenvalue weighted by molar-refractivity contribution is -0.115. The van der Waals surface area contributed by atoms with Gasteiger partial charge < -0.3 is 15.2 Å². The molecule has 6 nitrogen and oxygen atoms in total. The first-order valence-corrected chi connectivity index (χ1v) is 11.3. The summed E-state index contributed by atoms with van der Waals surface area (Å²) in [5.41, 5.74) is 2.34. The molecule has 0 fully saturated rings. The number of para-hydroxylation sites is 1. The maximum absolute atomic E-state index is 12.7. The van der Waals surface area contributed by atoms with Gasteiger partial charge in [-0.2, -0.15) is 0 Å². The largest absolute Gasteiger partial charge is 0.588 e. The third kappa shape index (κ3) is 4.62. The maximum Gasteiger partial charge on any atom is 0.255 e. The standard InChI is InChI=1S/C22H19N3O3S2/c1-14-21(26)24-19-12-15(10-11-20(19)29-14)22(27)23-17-8-5-9-18(13-17)30(28)25-16-6-3-2-4-7-16/h2-14,25H,1H3,(H,23,27)(H,24,26). The predicted octanol–water partition coefficient (Wildman–Crippen LogP) is 4.51. The van der Waals surface area contributed by atoms with Gasteiger partial charge in [-0.3, -0.25) is 9.59 Å². The van der Waals surface area contributed by atoms with Crippen LogP contribution in [0.5, 0.6) is 0 Å². The summed E-state index contributed by atoms with van der Waals surface area (Å²) in [6, 6.07) is 21.4. The van der Waals surface area contributed by atoms with Crippen molar-refractivity contribution in [2.45, 2.75) is 22.0 Å². The van der Waals surface area contributed by atoms with E-state index in [1.165, 1.54) is 11.8 Å². The zero-order chi connectivity index (χ0) is 21.1. The van der Waals surface area contributed by atoms with E-state index in [4.69, 9.17) is 0 Å². The molecular formula is C22H19N3O3S2. The summed E-state index contributed by atoms with van der Waals surface area (Å²) < 4.78 is 15.5. The fraction of sp³-hybridized carbons (Fsp3) is 0.0909. The Morgan fingerprint density at radius 2 is 1.80 bits per heavy atom. The molecule has 30 heavy (non-hydrogen) atoms. The molecule has 4 rings (SSSR count). The number of anilines is 3. The van der Waals surface area contributed by atoms with Gasteiger partial charge in [0.05, 0.1) is 16.6 Å². The molecule has 2 atom stereocenters. The monoisotopic (exact) mass is 437 g/mol. The lowest BCUT2D eigenvalue weighted by Crippen LogP contribution is -2.26. The van der Waals surface area contributed by atoms with Crippen LogP contribution in [0.4, 0.5) is 17.1 Å². The topological polar surface area (TPSA) is 93.3 Å². The third-order valence-electron chi connectivity index (χ3n) is 4.46. The molecule has 0 aliphatic carbocycles. The lowest BCUT2D eigenvalue weighted by Gasteiger charge is -2.21. The predicted molar refractivity (Wildman–Crippen MR) is 121 cm³/mol. The van der Waals surface area contributed by atoms with E-state index in [0.717, 1.165) is 10.6 Å². The molecule has 1 heterocycles. The molecule has 0 radical (unpaired) electrons. The number of amides is 2. The van der Waals surface area contributed by atoms with Crippen LogP contribution in [0.25, 0.3) is 0 Å². The molecule has 3 aromatic carbocycles. The fourth-order valence-corrected chi connectivity index (χ4v) is 4.75. The average Bonchev–Trinajstić information content (AvgIpc) is 2.75. The minimum atomic E-state index is -1.46. The number of nitrogens with one attached hydrogen (secondary N) is 3. The van der Waals surface area contributed by atoms with Gasteiger partial charge in [0.1, 0.15) is 11.4 Å². The molecule has 0 spiro atoms. The number of carbonyl (C=O) groups excluding carboxylic acids is 2. The summed E-state index contributed by atoms with van der Waals surface area (Å²) >= 11 is 0.000810. The molecule has 3 aromatic rings. The van der Waals surface area contributed by atoms with Gasteiger partial charge in [0, 0.05) is 22.2 Å². The Morgan fingerprint density at radius 1 is 1.03 bits per heavy atom. The van der Waals surface area contributed by atoms with Crippen LogP contribution in [-0.4, -0.2) is 21.6 Å². The summed E-state index contributed by atoms with van der Waals surface area (Å²) in [6.45, 7) is 1.84. The second-order valence-electron chi connectivity index (χ2n) is 6.68. The molecule has 0 saturated heterocycles. The normalized spacial score (nSPS) is 16.2. The van der Waals surface area contributed by atoms with Crippen molar-refractivity contribution < 1.29 is 14.1 Å². The van der Waals surface area contributed by atoms with Crippen molar-refractivity contribution in [2.24, 2.45) is 0 Å². The first kappa shape index (κ1) is 20.3. The Balaban J connectivity index is 1.47. The van der Waals surface area contributed by atoms with Crippen LogP contribution < -0.4 is 15.4 Å². The van der Waals surface area contributed by atoms with Gasteiger partial charge >= 0.3 is 0 Å². The van der Waals surface area contributed by atoms with Crippen molar-refractivity contribution in [3.8, 4) is 0 Å². The molecular weight excluding hydrogens is 418 g/mol. The van der Waals surface area contributed by atoms with Gasteiger partial charge in [-0.05, 0) is 49.4 Å². The van der Waals surface area contributed by atoms with Crippen LogP contribution in [-0.2, 0) is 16.2 Å². The van der Waals surface area contributed by atoms with Gasteiger partial charge in [0.15, 0.2) is 4.90 Å². The zero-order valence-corrected chi connectivity index (χ0v) is 17.7. The number of hydrogen-bond acceptors (Lipinski definition) is 5. The van der Waals surface area contributed by atoms with Crippen LogP contribution in [0.2, 0.25) is 0 Å². The Kier molecular flexibility index (Phi) is 5.98. The molecule has 0 saturated carbocycles. The summed E-state index contributed by atoms with van der Waals surface area (Å²) in [5.74, 6) is -0.388. The molecule has 1 aliphatic heterocycles. The van der Waals surface area contributed by atoms with E-state index in [-0.39, 0.29) is 17.1 Å². The summed E-state index contributed by atoms with van der Waals surface area (Å²) in [7, 11) is 0. The third-order valence-corrected chi connectivity index (χ3v) is 6.74. The second-order valence-corrected chi connectivity index (χ2v) is 9.27. The van der Waals surface area contributed by atoms with Crippen molar-refractivity contribution in [1.82, 2.24) is 0 Å². The van der Waals surface area contributed by atoms with E-state index in [2.05, 4.69) is 15.4 Å². The Hall–Kier alpha value is -2.94. The number of thioether (sulfide) groups is 1. The summed E-state index contributed by atoms with van der Waals surface area (Å²) in [6.07, 6.45) is 0. The molecule has 152 valence electrons. The van der Waals surface area contributed by atoms with Gasteiger partial charge in [-0.15, -0.1) is 11.8 Å². The summed E-state index contributed by atoms with van der Waals surface area (Å²) in [4.78, 5) is 26.1. The Bertz CT molecular complexity index is 1090. The van der Waals surface area contributed by atoms with Crippen LogP contribution in [0.15, 0.2) is 82.6 Å². The zero-order valence-electron chi connectivity index (χ0n) is 16.0. The van der Waals surface area contributed by atoms with E-state index in [9.17, 15) is 14.1 Å². The fourth-order valence-electron chi connectivity index (χ4n) is 2.91. The highest BCUT2D eigenvalue weighted by molar-refractivity contribution is 8.01. The first-order chi connectivity index (χ1) is 14.5. The minimum absolute atomic E-state index is 0.0776. The van der Waals surface area contributed by atoms with Crippen LogP contribution >= 0.6 is 11.8 Å². The van der Waals surface area contributed by atoms with Crippen LogP contribution in [0, 0.1) is 0 Å². The molecule has 0 aromatic heterocycles. The number of benzene rings is 3. The van der Waals surface area contributed by atoms with E-state index in [1.807, 2.05) is 43.3 Å². The van der Waals surface area contributed by atoms with Crippen molar-refractivity contribution in [1.29, 1.82) is 0 Å². The lowest BCUT2D eigenvalue weighted by atomic mass is 10.1. The van der Waals surface area contributed by atoms with Crippen molar-refractivity contribution in [3.05, 3.63) is 78.4 Å². The summed E-state index contributed by atoms with van der Waals surface area (Å²) in [5, 5.41) is 5.49. The average molecular weight is 438 g/mol. The SMILES string of the molecule is CC1Sc2ccc(C(=O)Nc3cccc([S+]([O-])Nc4ccccc4)c3)cc2NC1=O. The molecule has 2 amide bonds. The van der Waals surface area contributed by atoms with Crippen LogP contribution in [0.3, 0.4) is 0 Å². The van der Waals surface area contributed by atoms with Crippen LogP contribution in [0.1, 0.15) is 17.3 Å². The van der Waals surface area contributed by atoms with Gasteiger partial charge in [-0.25, -0.2) is 4.72 Å². The van der Waals surface area contributed by atoms with E-state index >= 15 is 0 Å². The smallest absolute Gasteiger partial charge is 0.255 e. The highest BCUT2D eigenvalue weighted by Gasteiger charge is 2.24. The quantitative estimate of drug-likeness (QED) is 0.511. The first-order valence-electron chi connectivity index (χ1n) is 9.26. The molecule has 3 N–H and O–H groups in total. The molecule has 2 unspecified atom stereocenters. The van der Waals surface area contributed by atoms with E-state index in [0.29, 0.717) is 21.8 Å². The van der Waals surface area contributed by atoms with E-state index < -0.39 is 11.4 Å². The number of fused-ring (bicyclic) bond motifs is 1. The van der Waals surface area contributed by atoms with Gasteiger partial charge in [0.2, 0.25) is 5.91 Å².